The third kappa shape index (κ3) is 5.19. The van der Waals surface area contributed by atoms with E-state index in [0.29, 0.717) is 18.4 Å². The summed E-state index contributed by atoms with van der Waals surface area (Å²) in [6.07, 6.45) is 0.483. The molecule has 0 aromatic heterocycles. The number of hydrogen-bond acceptors (Lipinski definition) is 4. The lowest BCUT2D eigenvalue weighted by atomic mass is 9.98. The van der Waals surface area contributed by atoms with Gasteiger partial charge in [0.25, 0.3) is 0 Å². The zero-order chi connectivity index (χ0) is 21.1. The largest absolute Gasteiger partial charge is 0.534 e. The Kier molecular flexibility index (Phi) is 6.33. The van der Waals surface area contributed by atoms with Crippen LogP contribution in [0.15, 0.2) is 72.0 Å². The summed E-state index contributed by atoms with van der Waals surface area (Å²) in [4.78, 5) is 0. The van der Waals surface area contributed by atoms with Gasteiger partial charge in [-0.3, -0.25) is 0 Å². The Morgan fingerprint density at radius 1 is 1.07 bits per heavy atom. The van der Waals surface area contributed by atoms with Crippen LogP contribution in [0.1, 0.15) is 37.0 Å². The molecule has 1 aliphatic heterocycles. The number of aryl methyl sites for hydroxylation is 1. The molecule has 1 aliphatic rings. The van der Waals surface area contributed by atoms with E-state index in [1.54, 1.807) is 0 Å². The van der Waals surface area contributed by atoms with E-state index in [1.165, 1.54) is 6.92 Å². The van der Waals surface area contributed by atoms with E-state index in [9.17, 15) is 21.6 Å². The van der Waals surface area contributed by atoms with Gasteiger partial charge in [0, 0.05) is 12.0 Å². The molecule has 2 aromatic carbocycles. The van der Waals surface area contributed by atoms with Gasteiger partial charge in [-0.2, -0.15) is 21.6 Å². The van der Waals surface area contributed by atoms with Crippen LogP contribution in [0.25, 0.3) is 0 Å². The molecule has 0 aliphatic carbocycles. The van der Waals surface area contributed by atoms with Gasteiger partial charge in [-0.15, -0.1) is 0 Å². The first-order valence-corrected chi connectivity index (χ1v) is 10.5. The van der Waals surface area contributed by atoms with Crippen LogP contribution in [-0.2, 0) is 25.5 Å². The quantitative estimate of drug-likeness (QED) is 0.358. The molecule has 8 heteroatoms. The Balaban J connectivity index is 1.85. The molecule has 29 heavy (non-hydrogen) atoms. The second-order valence-corrected chi connectivity index (χ2v) is 8.35. The average Bonchev–Trinajstić information content (AvgIpc) is 3.11. The number of benzene rings is 2. The summed E-state index contributed by atoms with van der Waals surface area (Å²) in [5.41, 5.74) is -3.12. The number of rotatable bonds is 6. The lowest BCUT2D eigenvalue weighted by molar-refractivity contribution is -0.0523. The lowest BCUT2D eigenvalue weighted by Crippen LogP contribution is -2.25. The third-order valence-electron chi connectivity index (χ3n) is 4.80. The van der Waals surface area contributed by atoms with Gasteiger partial charge in [0.05, 0.1) is 12.2 Å². The van der Waals surface area contributed by atoms with Gasteiger partial charge in [0.1, 0.15) is 5.76 Å². The van der Waals surface area contributed by atoms with Crippen molar-refractivity contribution in [3.05, 3.63) is 83.1 Å². The van der Waals surface area contributed by atoms with Gasteiger partial charge in [-0.05, 0) is 30.9 Å². The minimum Gasteiger partial charge on any atom is -0.381 e. The Morgan fingerprint density at radius 3 is 2.24 bits per heavy atom. The molecule has 2 atom stereocenters. The van der Waals surface area contributed by atoms with Crippen LogP contribution < -0.4 is 0 Å². The molecule has 0 spiro atoms. The van der Waals surface area contributed by atoms with Crippen LogP contribution in [0.2, 0.25) is 0 Å². The van der Waals surface area contributed by atoms with Crippen molar-refractivity contribution < 1.29 is 30.5 Å². The molecule has 3 rings (SSSR count). The fraction of sp³-hybridized carbons (Fsp3) is 0.333. The fourth-order valence-electron chi connectivity index (χ4n) is 3.34. The molecule has 0 bridgehead atoms. The van der Waals surface area contributed by atoms with Crippen molar-refractivity contribution in [3.63, 3.8) is 0 Å². The molecular formula is C21H21F3O4S. The SMILES string of the molecule is CC(OS(=O)(=O)C(F)(F)F)=C1C[C@@H](c2ccccc2)O[C@H]1CCc1ccccc1. The van der Waals surface area contributed by atoms with Crippen LogP contribution in [0.4, 0.5) is 13.2 Å². The molecule has 4 nitrogen and oxygen atoms in total. The van der Waals surface area contributed by atoms with Crippen LogP contribution in [-0.4, -0.2) is 20.0 Å². The normalized spacial score (nSPS) is 21.8. The smallest absolute Gasteiger partial charge is 0.381 e. The summed E-state index contributed by atoms with van der Waals surface area (Å²) in [6.45, 7) is 1.24. The second-order valence-electron chi connectivity index (χ2n) is 6.82. The highest BCUT2D eigenvalue weighted by Gasteiger charge is 2.49. The highest BCUT2D eigenvalue weighted by molar-refractivity contribution is 7.87. The van der Waals surface area contributed by atoms with Crippen LogP contribution in [0.5, 0.6) is 0 Å². The Morgan fingerprint density at radius 2 is 1.66 bits per heavy atom. The predicted molar refractivity (Wildman–Crippen MR) is 102 cm³/mol. The molecule has 0 unspecified atom stereocenters. The highest BCUT2D eigenvalue weighted by atomic mass is 32.2. The van der Waals surface area contributed by atoms with E-state index in [-0.39, 0.29) is 18.3 Å². The first kappa shape index (κ1) is 21.4. The molecule has 0 N–H and O–H groups in total. The van der Waals surface area contributed by atoms with Gasteiger partial charge >= 0.3 is 15.6 Å². The predicted octanol–water partition coefficient (Wildman–Crippen LogP) is 5.29. The standard InChI is InChI=1S/C21H21F3O4S/c1-15(28-29(25,26)21(22,23)24)18-14-20(17-10-6-3-7-11-17)27-19(18)13-12-16-8-4-2-5-9-16/h2-11,19-20H,12-14H2,1H3/t19-,20-/m0/s1. The van der Waals surface area contributed by atoms with E-state index in [0.717, 1.165) is 11.1 Å². The van der Waals surface area contributed by atoms with Gasteiger partial charge in [0.2, 0.25) is 0 Å². The molecule has 1 saturated heterocycles. The minimum absolute atomic E-state index is 0.267. The summed E-state index contributed by atoms with van der Waals surface area (Å²) < 4.78 is 71.5. The van der Waals surface area contributed by atoms with Gasteiger partial charge in [-0.1, -0.05) is 60.7 Å². The third-order valence-corrected chi connectivity index (χ3v) is 5.84. The van der Waals surface area contributed by atoms with Gasteiger partial charge in [-0.25, -0.2) is 0 Å². The lowest BCUT2D eigenvalue weighted by Gasteiger charge is -2.16. The summed E-state index contributed by atoms with van der Waals surface area (Å²) in [6, 6.07) is 18.9. The number of halogens is 3. The maximum absolute atomic E-state index is 12.7. The molecule has 0 amide bonds. The zero-order valence-corrected chi connectivity index (χ0v) is 16.5. The zero-order valence-electron chi connectivity index (χ0n) is 15.7. The van der Waals surface area contributed by atoms with Crippen molar-refractivity contribution in [1.29, 1.82) is 0 Å². The molecule has 1 fully saturated rings. The van der Waals surface area contributed by atoms with Crippen LogP contribution in [0.3, 0.4) is 0 Å². The fourth-order valence-corrected chi connectivity index (χ4v) is 3.87. The topological polar surface area (TPSA) is 52.6 Å². The summed E-state index contributed by atoms with van der Waals surface area (Å²) in [5.74, 6) is -0.279. The Labute approximate surface area is 168 Å². The van der Waals surface area contributed by atoms with Crippen LogP contribution in [0, 0.1) is 0 Å². The molecule has 156 valence electrons. The molecule has 0 saturated carbocycles. The Bertz CT molecular complexity index is 954. The highest BCUT2D eigenvalue weighted by Crippen LogP contribution is 2.41. The maximum atomic E-state index is 12.7. The summed E-state index contributed by atoms with van der Waals surface area (Å²) in [7, 11) is -5.72. The van der Waals surface area contributed by atoms with Crippen molar-refractivity contribution in [3.8, 4) is 0 Å². The second kappa shape index (κ2) is 8.59. The molecular weight excluding hydrogens is 405 g/mol. The van der Waals surface area contributed by atoms with Gasteiger partial charge < -0.3 is 8.92 Å². The van der Waals surface area contributed by atoms with Gasteiger partial charge in [0.15, 0.2) is 0 Å². The van der Waals surface area contributed by atoms with Crippen molar-refractivity contribution in [1.82, 2.24) is 0 Å². The molecule has 0 radical (unpaired) electrons. The van der Waals surface area contributed by atoms with Crippen molar-refractivity contribution in [2.24, 2.45) is 0 Å². The van der Waals surface area contributed by atoms with Crippen molar-refractivity contribution in [2.75, 3.05) is 0 Å². The Hall–Kier alpha value is -2.32. The van der Waals surface area contributed by atoms with E-state index in [4.69, 9.17) is 4.74 Å². The van der Waals surface area contributed by atoms with Crippen molar-refractivity contribution in [2.45, 2.75) is 43.9 Å². The monoisotopic (exact) mass is 426 g/mol. The number of ether oxygens (including phenoxy) is 1. The number of hydrogen-bond donors (Lipinski definition) is 0. The van der Waals surface area contributed by atoms with E-state index >= 15 is 0 Å². The average molecular weight is 426 g/mol. The molecule has 1 heterocycles. The van der Waals surface area contributed by atoms with Crippen molar-refractivity contribution >= 4 is 10.1 Å². The van der Waals surface area contributed by atoms with Crippen LogP contribution >= 0.6 is 0 Å². The van der Waals surface area contributed by atoms with E-state index in [2.05, 4.69) is 4.18 Å². The van der Waals surface area contributed by atoms with E-state index < -0.39 is 21.7 Å². The first-order valence-electron chi connectivity index (χ1n) is 9.12. The number of alkyl halides is 3. The first-order chi connectivity index (χ1) is 13.7. The summed E-state index contributed by atoms with van der Waals surface area (Å²) >= 11 is 0. The van der Waals surface area contributed by atoms with E-state index in [1.807, 2.05) is 60.7 Å². The summed E-state index contributed by atoms with van der Waals surface area (Å²) in [5, 5.41) is 0. The minimum atomic E-state index is -5.72. The maximum Gasteiger partial charge on any atom is 0.534 e. The number of allylic oxidation sites excluding steroid dienone is 1. The molecule has 2 aromatic rings.